The Morgan fingerprint density at radius 2 is 2.00 bits per heavy atom. The molecule has 9 nitrogen and oxygen atoms in total. The minimum absolute atomic E-state index is 0.244. The van der Waals surface area contributed by atoms with Gasteiger partial charge < -0.3 is 29.9 Å². The molecule has 2 saturated heterocycles. The van der Waals surface area contributed by atoms with Crippen molar-refractivity contribution in [3.05, 3.63) is 11.8 Å². The van der Waals surface area contributed by atoms with E-state index in [-0.39, 0.29) is 13.2 Å². The highest BCUT2D eigenvalue weighted by Gasteiger charge is 2.39. The molecule has 3 heterocycles. The van der Waals surface area contributed by atoms with Gasteiger partial charge in [0, 0.05) is 31.4 Å². The highest BCUT2D eigenvalue weighted by Crippen LogP contribution is 2.33. The lowest BCUT2D eigenvalue weighted by Crippen LogP contribution is -2.41. The number of aromatic nitrogens is 2. The lowest BCUT2D eigenvalue weighted by molar-refractivity contribution is -0.142. The smallest absolute Gasteiger partial charge is 0.313 e. The molecule has 3 rings (SSSR count). The molecule has 2 aliphatic heterocycles. The molecule has 0 saturated carbocycles. The number of carboxylic acid groups (broad SMARTS) is 1. The Bertz CT molecular complexity index is 677. The quantitative estimate of drug-likeness (QED) is 0.640. The predicted octanol–water partition coefficient (Wildman–Crippen LogP) is -0.391. The van der Waals surface area contributed by atoms with E-state index in [1.54, 1.807) is 20.0 Å². The number of rotatable bonds is 5. The van der Waals surface area contributed by atoms with E-state index in [0.717, 1.165) is 0 Å². The molecule has 0 spiro atoms. The monoisotopic (exact) mass is 366 g/mol. The fraction of sp³-hybridized carbons (Fsp3) is 0.706. The molecular formula is C17H26N4O5. The molecule has 2 aliphatic rings. The molecule has 1 unspecified atom stereocenters. The first kappa shape index (κ1) is 18.8. The molecule has 0 aromatic carbocycles. The van der Waals surface area contributed by atoms with Crippen LogP contribution >= 0.6 is 0 Å². The summed E-state index contributed by atoms with van der Waals surface area (Å²) >= 11 is 0. The molecule has 0 radical (unpaired) electrons. The molecule has 26 heavy (non-hydrogen) atoms. The molecule has 2 fully saturated rings. The molecule has 1 aromatic heterocycles. The number of ether oxygens (including phenoxy) is 1. The fourth-order valence-electron chi connectivity index (χ4n) is 3.24. The van der Waals surface area contributed by atoms with Gasteiger partial charge >= 0.3 is 5.97 Å². The van der Waals surface area contributed by atoms with E-state index in [2.05, 4.69) is 9.97 Å². The van der Waals surface area contributed by atoms with Gasteiger partial charge in [-0.1, -0.05) is 0 Å². The Kier molecular flexibility index (Phi) is 5.05. The van der Waals surface area contributed by atoms with Crippen molar-refractivity contribution < 1.29 is 24.9 Å². The van der Waals surface area contributed by atoms with Gasteiger partial charge in [-0.05, 0) is 20.3 Å². The number of aliphatic hydroxyl groups is 2. The first-order valence-corrected chi connectivity index (χ1v) is 8.79. The summed E-state index contributed by atoms with van der Waals surface area (Å²) in [5.41, 5.74) is -1.74. The van der Waals surface area contributed by atoms with Crippen LogP contribution in [0.4, 0.5) is 11.8 Å². The number of anilines is 2. The number of hydrogen-bond donors (Lipinski definition) is 3. The Balaban J connectivity index is 1.98. The number of aliphatic carboxylic acids is 1. The summed E-state index contributed by atoms with van der Waals surface area (Å²) in [6.45, 7) is 6.09. The number of β-amino-alcohol motifs (C(OH)–C–C–N with tert-alkyl or cyclic N) is 1. The SMILES string of the molecule is CC(C)(C(=O)O)c1cnc(N2CCC(O)(CO)C2)nc1N1CCOCC1. The van der Waals surface area contributed by atoms with Gasteiger partial charge in [-0.3, -0.25) is 4.79 Å². The summed E-state index contributed by atoms with van der Waals surface area (Å²) in [6.07, 6.45) is 2.00. The lowest BCUT2D eigenvalue weighted by Gasteiger charge is -2.33. The number of carbonyl (C=O) groups is 1. The van der Waals surface area contributed by atoms with Crippen molar-refractivity contribution in [3.63, 3.8) is 0 Å². The van der Waals surface area contributed by atoms with Crippen LogP contribution < -0.4 is 9.80 Å². The molecule has 3 N–H and O–H groups in total. The van der Waals surface area contributed by atoms with Crippen LogP contribution in [0.1, 0.15) is 25.8 Å². The van der Waals surface area contributed by atoms with Gasteiger partial charge in [-0.2, -0.15) is 4.98 Å². The topological polar surface area (TPSA) is 119 Å². The minimum atomic E-state index is -1.15. The molecule has 0 bridgehead atoms. The molecular weight excluding hydrogens is 340 g/mol. The van der Waals surface area contributed by atoms with Crippen molar-refractivity contribution >= 4 is 17.7 Å². The van der Waals surface area contributed by atoms with Crippen LogP contribution in [-0.4, -0.2) is 82.9 Å². The van der Waals surface area contributed by atoms with Gasteiger partial charge in [0.15, 0.2) is 0 Å². The van der Waals surface area contributed by atoms with E-state index >= 15 is 0 Å². The maximum absolute atomic E-state index is 11.8. The van der Waals surface area contributed by atoms with Crippen LogP contribution in [-0.2, 0) is 14.9 Å². The summed E-state index contributed by atoms with van der Waals surface area (Å²) in [4.78, 5) is 24.6. The lowest BCUT2D eigenvalue weighted by atomic mass is 9.85. The third kappa shape index (κ3) is 3.46. The number of hydrogen-bond acceptors (Lipinski definition) is 8. The first-order chi connectivity index (χ1) is 12.3. The maximum atomic E-state index is 11.8. The second-order valence-electron chi connectivity index (χ2n) is 7.49. The molecule has 9 heteroatoms. The van der Waals surface area contributed by atoms with Gasteiger partial charge in [0.25, 0.3) is 0 Å². The molecule has 1 aromatic rings. The number of morpholine rings is 1. The average molecular weight is 366 g/mol. The van der Waals surface area contributed by atoms with Gasteiger partial charge in [0.1, 0.15) is 11.4 Å². The van der Waals surface area contributed by atoms with E-state index in [9.17, 15) is 20.1 Å². The second kappa shape index (κ2) is 6.98. The zero-order chi connectivity index (χ0) is 18.9. The third-order valence-corrected chi connectivity index (χ3v) is 5.18. The van der Waals surface area contributed by atoms with Gasteiger partial charge in [-0.15, -0.1) is 0 Å². The van der Waals surface area contributed by atoms with Crippen LogP contribution in [0.3, 0.4) is 0 Å². The summed E-state index contributed by atoms with van der Waals surface area (Å²) in [6, 6.07) is 0. The minimum Gasteiger partial charge on any atom is -0.481 e. The summed E-state index contributed by atoms with van der Waals surface area (Å²) in [7, 11) is 0. The fourth-order valence-corrected chi connectivity index (χ4v) is 3.24. The Morgan fingerprint density at radius 3 is 2.58 bits per heavy atom. The van der Waals surface area contributed by atoms with E-state index in [4.69, 9.17) is 4.74 Å². The standard InChI is InChI=1S/C17H26N4O5/c1-16(2,14(23)24)12-9-18-15(21-4-3-17(25,10-21)11-22)19-13(12)20-5-7-26-8-6-20/h9,22,25H,3-8,10-11H2,1-2H3,(H,23,24). The average Bonchev–Trinajstić information content (AvgIpc) is 3.05. The van der Waals surface area contributed by atoms with E-state index in [0.29, 0.717) is 56.6 Å². The number of nitrogens with zero attached hydrogens (tertiary/aromatic N) is 4. The Hall–Kier alpha value is -1.97. The molecule has 0 aliphatic carbocycles. The van der Waals surface area contributed by atoms with Crippen LogP contribution in [0.25, 0.3) is 0 Å². The zero-order valence-electron chi connectivity index (χ0n) is 15.2. The maximum Gasteiger partial charge on any atom is 0.313 e. The largest absolute Gasteiger partial charge is 0.481 e. The van der Waals surface area contributed by atoms with E-state index < -0.39 is 17.0 Å². The zero-order valence-corrected chi connectivity index (χ0v) is 15.2. The van der Waals surface area contributed by atoms with Crippen LogP contribution in [0.5, 0.6) is 0 Å². The predicted molar refractivity (Wildman–Crippen MR) is 94.6 cm³/mol. The molecule has 144 valence electrons. The van der Waals surface area contributed by atoms with Crippen molar-refractivity contribution in [2.24, 2.45) is 0 Å². The van der Waals surface area contributed by atoms with Crippen LogP contribution in [0.15, 0.2) is 6.20 Å². The number of carboxylic acids is 1. The first-order valence-electron chi connectivity index (χ1n) is 8.79. The Morgan fingerprint density at radius 1 is 1.31 bits per heavy atom. The third-order valence-electron chi connectivity index (χ3n) is 5.18. The van der Waals surface area contributed by atoms with Crippen molar-refractivity contribution in [1.82, 2.24) is 9.97 Å². The highest BCUT2D eigenvalue weighted by molar-refractivity contribution is 5.82. The number of aliphatic hydroxyl groups excluding tert-OH is 1. The second-order valence-corrected chi connectivity index (χ2v) is 7.49. The molecule has 1 atom stereocenters. The van der Waals surface area contributed by atoms with E-state index in [1.165, 1.54) is 0 Å². The van der Waals surface area contributed by atoms with Crippen LogP contribution in [0, 0.1) is 0 Å². The van der Waals surface area contributed by atoms with Gasteiger partial charge in [0.05, 0.1) is 31.8 Å². The normalized spacial score (nSPS) is 24.2. The van der Waals surface area contributed by atoms with Crippen molar-refractivity contribution in [2.45, 2.75) is 31.3 Å². The summed E-state index contributed by atoms with van der Waals surface area (Å²) in [5.74, 6) is 0.0742. The molecule has 0 amide bonds. The van der Waals surface area contributed by atoms with Crippen molar-refractivity contribution in [3.8, 4) is 0 Å². The van der Waals surface area contributed by atoms with Crippen LogP contribution in [0.2, 0.25) is 0 Å². The van der Waals surface area contributed by atoms with Crippen molar-refractivity contribution in [1.29, 1.82) is 0 Å². The summed E-state index contributed by atoms with van der Waals surface area (Å²) in [5, 5.41) is 29.2. The van der Waals surface area contributed by atoms with Crippen molar-refractivity contribution in [2.75, 3.05) is 55.8 Å². The summed E-state index contributed by atoms with van der Waals surface area (Å²) < 4.78 is 5.39. The van der Waals surface area contributed by atoms with E-state index in [1.807, 2.05) is 9.80 Å². The van der Waals surface area contributed by atoms with Gasteiger partial charge in [0.2, 0.25) is 5.95 Å². The highest BCUT2D eigenvalue weighted by atomic mass is 16.5. The van der Waals surface area contributed by atoms with Gasteiger partial charge in [-0.25, -0.2) is 4.98 Å². The Labute approximate surface area is 152 Å².